The van der Waals surface area contributed by atoms with Crippen LogP contribution in [-0.2, 0) is 0 Å². The fourth-order valence-electron chi connectivity index (χ4n) is 1.77. The molecule has 0 radical (unpaired) electrons. The first-order valence-corrected chi connectivity index (χ1v) is 4.76. The molecule has 1 aliphatic heterocycles. The van der Waals surface area contributed by atoms with Crippen molar-refractivity contribution in [3.63, 3.8) is 0 Å². The predicted octanol–water partition coefficient (Wildman–Crippen LogP) is 2.07. The van der Waals surface area contributed by atoms with Crippen LogP contribution in [0.1, 0.15) is 40.0 Å². The molecule has 0 aliphatic carbocycles. The van der Waals surface area contributed by atoms with E-state index >= 15 is 0 Å². The second-order valence-electron chi connectivity index (χ2n) is 4.36. The summed E-state index contributed by atoms with van der Waals surface area (Å²) < 4.78 is 0. The molecule has 1 aliphatic rings. The fourth-order valence-corrected chi connectivity index (χ4v) is 1.77. The second-order valence-corrected chi connectivity index (χ2v) is 4.36. The van der Waals surface area contributed by atoms with Crippen molar-refractivity contribution in [2.75, 3.05) is 0 Å². The van der Waals surface area contributed by atoms with E-state index in [0.717, 1.165) is 12.8 Å². The van der Waals surface area contributed by atoms with E-state index in [1.54, 1.807) is 0 Å². The Labute approximate surface area is 75.0 Å². The van der Waals surface area contributed by atoms with Crippen LogP contribution in [0.4, 0.5) is 0 Å². The van der Waals surface area contributed by atoms with Gasteiger partial charge in [-0.1, -0.05) is 20.8 Å². The van der Waals surface area contributed by atoms with Gasteiger partial charge in [0.25, 0.3) is 0 Å². The molecule has 2 nitrogen and oxygen atoms in total. The molecule has 1 heterocycles. The van der Waals surface area contributed by atoms with Gasteiger partial charge in [-0.25, -0.2) is 0 Å². The number of nitrogens with one attached hydrogen (secondary N) is 1. The van der Waals surface area contributed by atoms with Gasteiger partial charge in [0.05, 0.1) is 6.07 Å². The van der Waals surface area contributed by atoms with Crippen molar-refractivity contribution in [2.24, 2.45) is 5.41 Å². The van der Waals surface area contributed by atoms with Gasteiger partial charge in [0, 0.05) is 6.04 Å². The Bertz CT molecular complexity index is 191. The van der Waals surface area contributed by atoms with Crippen LogP contribution in [0.15, 0.2) is 0 Å². The summed E-state index contributed by atoms with van der Waals surface area (Å²) in [5.41, 5.74) is 0.153. The standard InChI is InChI=1S/C10H18N2/c1-4-8-5-6-10(2,3)9(7-11)12-8/h8-9,12H,4-6H2,1-3H3. The average Bonchev–Trinajstić information content (AvgIpc) is 2.04. The molecule has 2 unspecified atom stereocenters. The molecule has 1 fully saturated rings. The van der Waals surface area contributed by atoms with E-state index in [1.165, 1.54) is 6.42 Å². The molecule has 0 saturated carbocycles. The summed E-state index contributed by atoms with van der Waals surface area (Å²) >= 11 is 0. The number of piperidine rings is 1. The highest BCUT2D eigenvalue weighted by atomic mass is 15.0. The minimum Gasteiger partial charge on any atom is -0.299 e. The number of nitriles is 1. The normalized spacial score (nSPS) is 34.2. The molecule has 0 bridgehead atoms. The van der Waals surface area contributed by atoms with Gasteiger partial charge in [-0.15, -0.1) is 0 Å². The lowest BCUT2D eigenvalue weighted by Gasteiger charge is -2.39. The summed E-state index contributed by atoms with van der Waals surface area (Å²) in [5, 5.41) is 12.3. The van der Waals surface area contributed by atoms with Crippen LogP contribution in [0.3, 0.4) is 0 Å². The van der Waals surface area contributed by atoms with E-state index in [4.69, 9.17) is 5.26 Å². The molecule has 12 heavy (non-hydrogen) atoms. The van der Waals surface area contributed by atoms with Crippen molar-refractivity contribution in [3.8, 4) is 6.07 Å². The molecule has 0 spiro atoms. The third-order valence-corrected chi connectivity index (χ3v) is 2.94. The summed E-state index contributed by atoms with van der Waals surface area (Å²) in [5.74, 6) is 0. The van der Waals surface area contributed by atoms with Crippen molar-refractivity contribution in [1.82, 2.24) is 5.32 Å². The lowest BCUT2D eigenvalue weighted by molar-refractivity contribution is 0.178. The Kier molecular flexibility index (Phi) is 2.74. The fraction of sp³-hybridized carbons (Fsp3) is 0.900. The molecule has 1 rings (SSSR count). The minimum absolute atomic E-state index is 0.0381. The van der Waals surface area contributed by atoms with Crippen LogP contribution >= 0.6 is 0 Å². The van der Waals surface area contributed by atoms with E-state index in [-0.39, 0.29) is 11.5 Å². The molecule has 0 amide bonds. The largest absolute Gasteiger partial charge is 0.299 e. The molecule has 2 atom stereocenters. The van der Waals surface area contributed by atoms with Crippen molar-refractivity contribution in [1.29, 1.82) is 5.26 Å². The zero-order valence-corrected chi connectivity index (χ0v) is 8.22. The van der Waals surface area contributed by atoms with Crippen molar-refractivity contribution in [2.45, 2.75) is 52.1 Å². The maximum absolute atomic E-state index is 8.93. The van der Waals surface area contributed by atoms with Gasteiger partial charge in [-0.2, -0.15) is 5.26 Å². The minimum atomic E-state index is 0.0381. The molecular formula is C10H18N2. The van der Waals surface area contributed by atoms with E-state index in [9.17, 15) is 0 Å². The van der Waals surface area contributed by atoms with Crippen molar-refractivity contribution >= 4 is 0 Å². The highest BCUT2D eigenvalue weighted by Crippen LogP contribution is 2.32. The Morgan fingerprint density at radius 3 is 2.75 bits per heavy atom. The summed E-state index contributed by atoms with van der Waals surface area (Å²) in [6, 6.07) is 2.94. The molecular weight excluding hydrogens is 148 g/mol. The van der Waals surface area contributed by atoms with E-state index in [0.29, 0.717) is 6.04 Å². The highest BCUT2D eigenvalue weighted by molar-refractivity contribution is 5.04. The maximum atomic E-state index is 8.93. The van der Waals surface area contributed by atoms with Crippen LogP contribution in [0.5, 0.6) is 0 Å². The molecule has 2 heteroatoms. The summed E-state index contributed by atoms with van der Waals surface area (Å²) in [6.45, 7) is 6.50. The predicted molar refractivity (Wildman–Crippen MR) is 49.6 cm³/mol. The van der Waals surface area contributed by atoms with Crippen LogP contribution in [0, 0.1) is 16.7 Å². The number of nitrogens with zero attached hydrogens (tertiary/aromatic N) is 1. The lowest BCUT2D eigenvalue weighted by Crippen LogP contribution is -2.50. The third-order valence-electron chi connectivity index (χ3n) is 2.94. The molecule has 0 aromatic carbocycles. The maximum Gasteiger partial charge on any atom is 0.101 e. The first kappa shape index (κ1) is 9.54. The first-order chi connectivity index (χ1) is 5.60. The molecule has 1 N–H and O–H groups in total. The van der Waals surface area contributed by atoms with Crippen molar-refractivity contribution < 1.29 is 0 Å². The highest BCUT2D eigenvalue weighted by Gasteiger charge is 2.35. The van der Waals surface area contributed by atoms with Gasteiger partial charge in [-0.3, -0.25) is 5.32 Å². The Morgan fingerprint density at radius 2 is 2.25 bits per heavy atom. The van der Waals surface area contributed by atoms with Gasteiger partial charge in [-0.05, 0) is 24.7 Å². The number of hydrogen-bond acceptors (Lipinski definition) is 2. The van der Waals surface area contributed by atoms with Crippen molar-refractivity contribution in [3.05, 3.63) is 0 Å². The van der Waals surface area contributed by atoms with E-state index < -0.39 is 0 Å². The van der Waals surface area contributed by atoms with Crippen LogP contribution in [0.2, 0.25) is 0 Å². The van der Waals surface area contributed by atoms with Gasteiger partial charge in [0.1, 0.15) is 6.04 Å². The van der Waals surface area contributed by atoms with Crippen LogP contribution in [0.25, 0.3) is 0 Å². The zero-order valence-electron chi connectivity index (χ0n) is 8.22. The van der Waals surface area contributed by atoms with E-state index in [2.05, 4.69) is 32.2 Å². The SMILES string of the molecule is CCC1CCC(C)(C)C(C#N)N1. The summed E-state index contributed by atoms with van der Waals surface area (Å²) in [4.78, 5) is 0. The monoisotopic (exact) mass is 166 g/mol. The van der Waals surface area contributed by atoms with Crippen LogP contribution in [-0.4, -0.2) is 12.1 Å². The lowest BCUT2D eigenvalue weighted by atomic mass is 9.76. The number of hydrogen-bond donors (Lipinski definition) is 1. The van der Waals surface area contributed by atoms with Gasteiger partial charge >= 0.3 is 0 Å². The topological polar surface area (TPSA) is 35.8 Å². The molecule has 0 aromatic heterocycles. The van der Waals surface area contributed by atoms with Crippen LogP contribution < -0.4 is 5.32 Å². The smallest absolute Gasteiger partial charge is 0.101 e. The third kappa shape index (κ3) is 1.78. The van der Waals surface area contributed by atoms with Gasteiger partial charge < -0.3 is 0 Å². The first-order valence-electron chi connectivity index (χ1n) is 4.76. The zero-order chi connectivity index (χ0) is 9.19. The second kappa shape index (κ2) is 3.45. The quantitative estimate of drug-likeness (QED) is 0.647. The van der Waals surface area contributed by atoms with E-state index in [1.807, 2.05) is 0 Å². The molecule has 1 saturated heterocycles. The van der Waals surface area contributed by atoms with Gasteiger partial charge in [0.2, 0.25) is 0 Å². The molecule has 0 aromatic rings. The molecule has 68 valence electrons. The Balaban J connectivity index is 2.61. The Hall–Kier alpha value is -0.550. The average molecular weight is 166 g/mol. The summed E-state index contributed by atoms with van der Waals surface area (Å²) in [6.07, 6.45) is 3.51. The summed E-state index contributed by atoms with van der Waals surface area (Å²) in [7, 11) is 0. The van der Waals surface area contributed by atoms with Gasteiger partial charge in [0.15, 0.2) is 0 Å². The number of rotatable bonds is 1. The Morgan fingerprint density at radius 1 is 1.58 bits per heavy atom.